The third-order valence-electron chi connectivity index (χ3n) is 3.45. The average Bonchev–Trinajstić information content (AvgIpc) is 3.23. The molecule has 110 valence electrons. The fourth-order valence-electron chi connectivity index (χ4n) is 2.02. The van der Waals surface area contributed by atoms with E-state index in [-0.39, 0.29) is 11.8 Å². The van der Waals surface area contributed by atoms with Crippen LogP contribution in [-0.4, -0.2) is 32.0 Å². The molecule has 0 spiro atoms. The Bertz CT molecular complexity index is 652. The SMILES string of the molecule is CC(CCl)C(=O)Nc1cccc(-c2nnnn2C2CC2)c1. The molecule has 0 aliphatic heterocycles. The molecule has 1 N–H and O–H groups in total. The number of alkyl halides is 1. The predicted octanol–water partition coefficient (Wildman–Crippen LogP) is 2.49. The smallest absolute Gasteiger partial charge is 0.228 e. The van der Waals surface area contributed by atoms with E-state index in [0.29, 0.717) is 11.9 Å². The maximum Gasteiger partial charge on any atom is 0.228 e. The number of nitrogens with zero attached hydrogens (tertiary/aromatic N) is 4. The van der Waals surface area contributed by atoms with Crippen LogP contribution in [0, 0.1) is 5.92 Å². The summed E-state index contributed by atoms with van der Waals surface area (Å²) >= 11 is 5.70. The summed E-state index contributed by atoms with van der Waals surface area (Å²) in [4.78, 5) is 11.9. The third kappa shape index (κ3) is 3.05. The van der Waals surface area contributed by atoms with Gasteiger partial charge in [0.15, 0.2) is 5.82 Å². The molecule has 1 aliphatic carbocycles. The highest BCUT2D eigenvalue weighted by atomic mass is 35.5. The molecule has 2 aromatic rings. The zero-order valence-corrected chi connectivity index (χ0v) is 12.4. The number of nitrogens with one attached hydrogen (secondary N) is 1. The van der Waals surface area contributed by atoms with Crippen molar-refractivity contribution in [2.75, 3.05) is 11.2 Å². The van der Waals surface area contributed by atoms with Gasteiger partial charge in [0, 0.05) is 23.0 Å². The molecule has 1 heterocycles. The molecule has 3 rings (SSSR count). The largest absolute Gasteiger partial charge is 0.326 e. The van der Waals surface area contributed by atoms with Crippen molar-refractivity contribution in [3.63, 3.8) is 0 Å². The number of carbonyl (C=O) groups excluding carboxylic acids is 1. The first kappa shape index (κ1) is 14.0. The second-order valence-electron chi connectivity index (χ2n) is 5.30. The van der Waals surface area contributed by atoms with Crippen LogP contribution in [0.3, 0.4) is 0 Å². The molecule has 0 saturated heterocycles. The minimum absolute atomic E-state index is 0.0936. The Morgan fingerprint density at radius 3 is 3.05 bits per heavy atom. The molecule has 1 aliphatic rings. The van der Waals surface area contributed by atoms with Crippen LogP contribution in [0.5, 0.6) is 0 Å². The number of halogens is 1. The van der Waals surface area contributed by atoms with Gasteiger partial charge in [-0.3, -0.25) is 4.79 Å². The topological polar surface area (TPSA) is 72.7 Å². The summed E-state index contributed by atoms with van der Waals surface area (Å²) in [5.74, 6) is 0.709. The molecule has 1 unspecified atom stereocenters. The van der Waals surface area contributed by atoms with E-state index in [0.717, 1.165) is 29.9 Å². The third-order valence-corrected chi connectivity index (χ3v) is 3.92. The van der Waals surface area contributed by atoms with Gasteiger partial charge in [-0.1, -0.05) is 19.1 Å². The molecule has 1 aromatic carbocycles. The van der Waals surface area contributed by atoms with E-state index in [1.807, 2.05) is 28.9 Å². The van der Waals surface area contributed by atoms with E-state index in [1.165, 1.54) is 0 Å². The molecule has 0 radical (unpaired) electrons. The summed E-state index contributed by atoms with van der Waals surface area (Å²) in [7, 11) is 0. The number of tetrazole rings is 1. The van der Waals surface area contributed by atoms with E-state index in [1.54, 1.807) is 6.92 Å². The highest BCUT2D eigenvalue weighted by molar-refractivity contribution is 6.19. The molecule has 6 nitrogen and oxygen atoms in total. The van der Waals surface area contributed by atoms with Crippen LogP contribution in [0.4, 0.5) is 5.69 Å². The summed E-state index contributed by atoms with van der Waals surface area (Å²) < 4.78 is 1.85. The Labute approximate surface area is 127 Å². The number of hydrogen-bond donors (Lipinski definition) is 1. The fraction of sp³-hybridized carbons (Fsp3) is 0.429. The summed E-state index contributed by atoms with van der Waals surface area (Å²) in [6.07, 6.45) is 2.23. The minimum Gasteiger partial charge on any atom is -0.326 e. The molecule has 21 heavy (non-hydrogen) atoms. The minimum atomic E-state index is -0.230. The molecule has 1 amide bonds. The normalized spacial score (nSPS) is 15.7. The Morgan fingerprint density at radius 1 is 1.52 bits per heavy atom. The van der Waals surface area contributed by atoms with Crippen LogP contribution < -0.4 is 5.32 Å². The van der Waals surface area contributed by atoms with Crippen molar-refractivity contribution in [2.24, 2.45) is 5.92 Å². The van der Waals surface area contributed by atoms with E-state index in [4.69, 9.17) is 11.6 Å². The van der Waals surface area contributed by atoms with Crippen molar-refractivity contribution < 1.29 is 4.79 Å². The van der Waals surface area contributed by atoms with Crippen LogP contribution in [0.2, 0.25) is 0 Å². The van der Waals surface area contributed by atoms with Gasteiger partial charge in [0.05, 0.1) is 6.04 Å². The van der Waals surface area contributed by atoms with Crippen LogP contribution in [0.1, 0.15) is 25.8 Å². The van der Waals surface area contributed by atoms with Gasteiger partial charge in [-0.05, 0) is 35.4 Å². The van der Waals surface area contributed by atoms with Crippen molar-refractivity contribution in [1.82, 2.24) is 20.2 Å². The molecule has 1 fully saturated rings. The molecule has 1 aromatic heterocycles. The first-order chi connectivity index (χ1) is 10.2. The van der Waals surface area contributed by atoms with Gasteiger partial charge in [0.25, 0.3) is 0 Å². The van der Waals surface area contributed by atoms with Crippen molar-refractivity contribution in [2.45, 2.75) is 25.8 Å². The Hall–Kier alpha value is -1.95. The Morgan fingerprint density at radius 2 is 2.33 bits per heavy atom. The number of rotatable bonds is 5. The van der Waals surface area contributed by atoms with Crippen LogP contribution in [-0.2, 0) is 4.79 Å². The lowest BCUT2D eigenvalue weighted by atomic mass is 10.1. The van der Waals surface area contributed by atoms with Crippen molar-refractivity contribution >= 4 is 23.2 Å². The Balaban J connectivity index is 1.83. The molecule has 1 atom stereocenters. The second kappa shape index (κ2) is 5.81. The molecule has 1 saturated carbocycles. The van der Waals surface area contributed by atoms with Crippen LogP contribution in [0.25, 0.3) is 11.4 Å². The van der Waals surface area contributed by atoms with E-state index in [9.17, 15) is 4.79 Å². The molecular weight excluding hydrogens is 290 g/mol. The van der Waals surface area contributed by atoms with E-state index in [2.05, 4.69) is 20.8 Å². The predicted molar refractivity (Wildman–Crippen MR) is 80.0 cm³/mol. The van der Waals surface area contributed by atoms with E-state index >= 15 is 0 Å². The average molecular weight is 306 g/mol. The number of hydrogen-bond acceptors (Lipinski definition) is 4. The monoisotopic (exact) mass is 305 g/mol. The lowest BCUT2D eigenvalue weighted by Gasteiger charge is -2.10. The van der Waals surface area contributed by atoms with Gasteiger partial charge in [-0.2, -0.15) is 0 Å². The highest BCUT2D eigenvalue weighted by Gasteiger charge is 2.28. The van der Waals surface area contributed by atoms with Crippen LogP contribution in [0.15, 0.2) is 24.3 Å². The number of benzene rings is 1. The number of amides is 1. The van der Waals surface area contributed by atoms with E-state index < -0.39 is 0 Å². The first-order valence-electron chi connectivity index (χ1n) is 6.94. The maximum atomic E-state index is 11.9. The van der Waals surface area contributed by atoms with Gasteiger partial charge in [0.2, 0.25) is 5.91 Å². The molecule has 7 heteroatoms. The number of carbonyl (C=O) groups is 1. The lowest BCUT2D eigenvalue weighted by Crippen LogP contribution is -2.21. The standard InChI is InChI=1S/C14H16ClN5O/c1-9(8-15)14(21)16-11-4-2-3-10(7-11)13-17-18-19-20(13)12-5-6-12/h2-4,7,9,12H,5-6,8H2,1H3,(H,16,21). The fourth-order valence-corrected chi connectivity index (χ4v) is 2.16. The lowest BCUT2D eigenvalue weighted by molar-refractivity contribution is -0.118. The van der Waals surface area contributed by atoms with Gasteiger partial charge < -0.3 is 5.32 Å². The van der Waals surface area contributed by atoms with Gasteiger partial charge in [-0.15, -0.1) is 16.7 Å². The number of aromatic nitrogens is 4. The summed E-state index contributed by atoms with van der Waals surface area (Å²) in [6, 6.07) is 7.94. The summed E-state index contributed by atoms with van der Waals surface area (Å²) in [6.45, 7) is 1.79. The maximum absolute atomic E-state index is 11.9. The number of anilines is 1. The summed E-state index contributed by atoms with van der Waals surface area (Å²) in [5, 5.41) is 14.7. The second-order valence-corrected chi connectivity index (χ2v) is 5.61. The van der Waals surface area contributed by atoms with Crippen molar-refractivity contribution in [3.05, 3.63) is 24.3 Å². The zero-order valence-electron chi connectivity index (χ0n) is 11.7. The summed E-state index contributed by atoms with van der Waals surface area (Å²) in [5.41, 5.74) is 1.61. The Kier molecular flexibility index (Phi) is 3.88. The van der Waals surface area contributed by atoms with Gasteiger partial charge in [0.1, 0.15) is 0 Å². The quantitative estimate of drug-likeness (QED) is 0.861. The van der Waals surface area contributed by atoms with Crippen LogP contribution >= 0.6 is 11.6 Å². The highest BCUT2D eigenvalue weighted by Crippen LogP contribution is 2.36. The van der Waals surface area contributed by atoms with Crippen molar-refractivity contribution in [1.29, 1.82) is 0 Å². The molecular formula is C14H16ClN5O. The zero-order chi connectivity index (χ0) is 14.8. The molecule has 0 bridgehead atoms. The van der Waals surface area contributed by atoms with Gasteiger partial charge >= 0.3 is 0 Å². The van der Waals surface area contributed by atoms with Crippen molar-refractivity contribution in [3.8, 4) is 11.4 Å². The first-order valence-corrected chi connectivity index (χ1v) is 7.47. The van der Waals surface area contributed by atoms with Gasteiger partial charge in [-0.25, -0.2) is 4.68 Å².